The van der Waals surface area contributed by atoms with Crippen molar-refractivity contribution in [1.82, 2.24) is 4.57 Å². The van der Waals surface area contributed by atoms with Crippen LogP contribution in [-0.4, -0.2) is 26.7 Å². The maximum atomic E-state index is 11.3. The Kier molecular flexibility index (Phi) is 2.96. The smallest absolute Gasteiger partial charge is 0.353 e. The molecule has 18 heavy (non-hydrogen) atoms. The van der Waals surface area contributed by atoms with Crippen molar-refractivity contribution in [3.63, 3.8) is 0 Å². The van der Waals surface area contributed by atoms with Crippen molar-refractivity contribution in [3.8, 4) is 10.4 Å². The maximum Gasteiger partial charge on any atom is 0.353 e. The van der Waals surface area contributed by atoms with Crippen molar-refractivity contribution < 1.29 is 19.8 Å². The van der Waals surface area contributed by atoms with Gasteiger partial charge in [0, 0.05) is 23.2 Å². The molecule has 0 aliphatic carbocycles. The predicted octanol–water partition coefficient (Wildman–Crippen LogP) is 2.46. The van der Waals surface area contributed by atoms with E-state index in [1.54, 1.807) is 31.5 Å². The highest BCUT2D eigenvalue weighted by Crippen LogP contribution is 2.35. The molecule has 0 radical (unpaired) electrons. The molecular weight excluding hydrogens is 254 g/mol. The number of rotatable bonds is 3. The summed E-state index contributed by atoms with van der Waals surface area (Å²) in [5, 5.41) is 20.3. The third-order valence-electron chi connectivity index (χ3n) is 2.87. The summed E-state index contributed by atoms with van der Waals surface area (Å²) in [6.07, 6.45) is 0. The molecule has 5 nitrogen and oxygen atoms in total. The highest BCUT2D eigenvalue weighted by Gasteiger charge is 2.28. The minimum absolute atomic E-state index is 0.00681. The zero-order chi connectivity index (χ0) is 13.4. The lowest BCUT2D eigenvalue weighted by Crippen LogP contribution is -2.06. The summed E-state index contributed by atoms with van der Waals surface area (Å²) < 4.78 is 1.40. The highest BCUT2D eigenvalue weighted by atomic mass is 32.1. The molecule has 0 aliphatic heterocycles. The van der Waals surface area contributed by atoms with Crippen molar-refractivity contribution in [2.24, 2.45) is 7.05 Å². The summed E-state index contributed by atoms with van der Waals surface area (Å²) in [4.78, 5) is 23.3. The van der Waals surface area contributed by atoms with Crippen LogP contribution in [0.5, 0.6) is 0 Å². The Morgan fingerprint density at radius 1 is 1.28 bits per heavy atom. The Bertz CT molecular complexity index is 588. The van der Waals surface area contributed by atoms with E-state index >= 15 is 0 Å². The molecule has 0 aliphatic rings. The fraction of sp³-hybridized carbons (Fsp3) is 0.167. The van der Waals surface area contributed by atoms with Gasteiger partial charge in [0.15, 0.2) is 0 Å². The largest absolute Gasteiger partial charge is 0.478 e. The van der Waals surface area contributed by atoms with Gasteiger partial charge in [-0.15, -0.1) is 11.3 Å². The standard InChI is InChI=1S/C12H11NO4S/c1-6-8(11(14)15)9(7-4-3-5-18-7)10(12(16)17)13(6)2/h3-5H,1-2H3,(H,14,15)(H,16,17). The molecule has 0 saturated heterocycles. The molecule has 6 heteroatoms. The van der Waals surface area contributed by atoms with Gasteiger partial charge in [0.2, 0.25) is 0 Å². The molecule has 0 bridgehead atoms. The van der Waals surface area contributed by atoms with Gasteiger partial charge in [-0.1, -0.05) is 6.07 Å². The summed E-state index contributed by atoms with van der Waals surface area (Å²) in [5.41, 5.74) is 0.776. The van der Waals surface area contributed by atoms with Crippen LogP contribution in [-0.2, 0) is 7.05 Å². The minimum atomic E-state index is -1.13. The fourth-order valence-corrected chi connectivity index (χ4v) is 2.75. The summed E-state index contributed by atoms with van der Waals surface area (Å²) >= 11 is 1.32. The number of hydrogen-bond acceptors (Lipinski definition) is 3. The van der Waals surface area contributed by atoms with E-state index in [2.05, 4.69) is 0 Å². The second-order valence-electron chi connectivity index (χ2n) is 3.83. The van der Waals surface area contributed by atoms with Gasteiger partial charge in [-0.25, -0.2) is 9.59 Å². The number of aromatic carboxylic acids is 2. The number of carboxylic acids is 2. The van der Waals surface area contributed by atoms with Gasteiger partial charge in [-0.2, -0.15) is 0 Å². The van der Waals surface area contributed by atoms with Gasteiger partial charge in [0.05, 0.1) is 5.56 Å². The third-order valence-corrected chi connectivity index (χ3v) is 3.76. The van der Waals surface area contributed by atoms with E-state index < -0.39 is 11.9 Å². The molecule has 0 aromatic carbocycles. The molecule has 2 aromatic rings. The average molecular weight is 265 g/mol. The van der Waals surface area contributed by atoms with Gasteiger partial charge < -0.3 is 14.8 Å². The monoisotopic (exact) mass is 265 g/mol. The molecular formula is C12H11NO4S. The first-order valence-electron chi connectivity index (χ1n) is 5.15. The van der Waals surface area contributed by atoms with Crippen LogP contribution >= 0.6 is 11.3 Å². The Morgan fingerprint density at radius 2 is 1.94 bits per heavy atom. The number of aromatic nitrogens is 1. The number of thiophene rings is 1. The Morgan fingerprint density at radius 3 is 2.39 bits per heavy atom. The zero-order valence-electron chi connectivity index (χ0n) is 9.80. The van der Waals surface area contributed by atoms with Crippen LogP contribution in [0.2, 0.25) is 0 Å². The molecule has 94 valence electrons. The lowest BCUT2D eigenvalue weighted by Gasteiger charge is -2.01. The van der Waals surface area contributed by atoms with E-state index in [9.17, 15) is 19.8 Å². The molecule has 0 spiro atoms. The van der Waals surface area contributed by atoms with Crippen LogP contribution in [0, 0.1) is 6.92 Å². The van der Waals surface area contributed by atoms with E-state index in [4.69, 9.17) is 0 Å². The number of hydrogen-bond donors (Lipinski definition) is 2. The van der Waals surface area contributed by atoms with Gasteiger partial charge in [0.25, 0.3) is 0 Å². The molecule has 2 aromatic heterocycles. The molecule has 0 fully saturated rings. The van der Waals surface area contributed by atoms with Crippen LogP contribution < -0.4 is 0 Å². The molecule has 0 amide bonds. The van der Waals surface area contributed by atoms with Crippen molar-refractivity contribution in [2.45, 2.75) is 6.92 Å². The molecule has 0 unspecified atom stereocenters. The quantitative estimate of drug-likeness (QED) is 0.893. The van der Waals surface area contributed by atoms with Crippen LogP contribution in [0.15, 0.2) is 17.5 Å². The lowest BCUT2D eigenvalue weighted by molar-refractivity contribution is 0.0683. The van der Waals surface area contributed by atoms with Crippen LogP contribution in [0.25, 0.3) is 10.4 Å². The van der Waals surface area contributed by atoms with E-state index in [1.165, 1.54) is 15.9 Å². The van der Waals surface area contributed by atoms with Gasteiger partial charge in [-0.05, 0) is 18.4 Å². The van der Waals surface area contributed by atoms with Gasteiger partial charge >= 0.3 is 11.9 Å². The maximum absolute atomic E-state index is 11.3. The van der Waals surface area contributed by atoms with Crippen molar-refractivity contribution in [1.29, 1.82) is 0 Å². The molecule has 0 saturated carbocycles. The molecule has 2 heterocycles. The topological polar surface area (TPSA) is 79.5 Å². The van der Waals surface area contributed by atoms with E-state index in [1.807, 2.05) is 0 Å². The highest BCUT2D eigenvalue weighted by molar-refractivity contribution is 7.13. The normalized spacial score (nSPS) is 10.6. The predicted molar refractivity (Wildman–Crippen MR) is 67.4 cm³/mol. The first-order chi connectivity index (χ1) is 8.45. The zero-order valence-corrected chi connectivity index (χ0v) is 10.6. The summed E-state index contributed by atoms with van der Waals surface area (Å²) in [6.45, 7) is 1.60. The Balaban J connectivity index is 2.87. The minimum Gasteiger partial charge on any atom is -0.478 e. The van der Waals surface area contributed by atoms with Crippen molar-refractivity contribution in [3.05, 3.63) is 34.5 Å². The number of carbonyl (C=O) groups is 2. The van der Waals surface area contributed by atoms with E-state index in [-0.39, 0.29) is 16.8 Å². The number of nitrogens with zero attached hydrogens (tertiary/aromatic N) is 1. The average Bonchev–Trinajstić information content (AvgIpc) is 2.86. The SMILES string of the molecule is Cc1c(C(=O)O)c(-c2cccs2)c(C(=O)O)n1C. The number of carboxylic acid groups (broad SMARTS) is 2. The van der Waals surface area contributed by atoms with E-state index in [0.717, 1.165) is 0 Å². The summed E-state index contributed by atoms with van der Waals surface area (Å²) in [5.74, 6) is -2.24. The Hall–Kier alpha value is -2.08. The summed E-state index contributed by atoms with van der Waals surface area (Å²) in [7, 11) is 1.56. The van der Waals surface area contributed by atoms with Crippen LogP contribution in [0.1, 0.15) is 26.5 Å². The van der Waals surface area contributed by atoms with Crippen LogP contribution in [0.3, 0.4) is 0 Å². The molecule has 2 N–H and O–H groups in total. The molecule has 0 atom stereocenters. The van der Waals surface area contributed by atoms with Crippen LogP contribution in [0.4, 0.5) is 0 Å². The first-order valence-corrected chi connectivity index (χ1v) is 6.02. The second kappa shape index (κ2) is 4.30. The lowest BCUT2D eigenvalue weighted by atomic mass is 10.1. The van der Waals surface area contributed by atoms with Gasteiger partial charge in [-0.3, -0.25) is 0 Å². The van der Waals surface area contributed by atoms with Crippen molar-refractivity contribution in [2.75, 3.05) is 0 Å². The first kappa shape index (κ1) is 12.4. The second-order valence-corrected chi connectivity index (χ2v) is 4.78. The van der Waals surface area contributed by atoms with Crippen molar-refractivity contribution >= 4 is 23.3 Å². The van der Waals surface area contributed by atoms with E-state index in [0.29, 0.717) is 10.6 Å². The third kappa shape index (κ3) is 1.70. The molecule has 2 rings (SSSR count). The summed E-state index contributed by atoms with van der Waals surface area (Å²) in [6, 6.07) is 3.48. The van der Waals surface area contributed by atoms with Gasteiger partial charge in [0.1, 0.15) is 5.69 Å². The Labute approximate surface area is 107 Å². The fourth-order valence-electron chi connectivity index (χ4n) is 1.98.